The van der Waals surface area contributed by atoms with Crippen molar-refractivity contribution in [1.82, 2.24) is 5.32 Å². The smallest absolute Gasteiger partial charge is 0.407 e. The molecule has 1 atom stereocenters. The number of benzene rings is 1. The highest BCUT2D eigenvalue weighted by Gasteiger charge is 2.27. The Morgan fingerprint density at radius 3 is 2.88 bits per heavy atom. The molecule has 0 aliphatic carbocycles. The number of hydrogen-bond donors (Lipinski definition) is 1. The van der Waals surface area contributed by atoms with Gasteiger partial charge < -0.3 is 10.1 Å². The van der Waals surface area contributed by atoms with E-state index in [0.717, 1.165) is 18.2 Å². The number of rotatable bonds is 2. The molecule has 16 heavy (non-hydrogen) atoms. The lowest BCUT2D eigenvalue weighted by Gasteiger charge is -2.08. The van der Waals surface area contributed by atoms with Crippen molar-refractivity contribution < 1.29 is 18.8 Å². The summed E-state index contributed by atoms with van der Waals surface area (Å²) in [7, 11) is 0. The van der Waals surface area contributed by atoms with Gasteiger partial charge in [-0.3, -0.25) is 10.1 Å². The van der Waals surface area contributed by atoms with Gasteiger partial charge in [-0.15, -0.1) is 0 Å². The molecule has 0 spiro atoms. The summed E-state index contributed by atoms with van der Waals surface area (Å²) >= 11 is 0. The molecule has 1 saturated heterocycles. The molecule has 6 nitrogen and oxygen atoms in total. The molecule has 0 bridgehead atoms. The number of nitrogens with one attached hydrogen (secondary N) is 1. The number of nitrogens with zero attached hydrogens (tertiary/aromatic N) is 1. The molecule has 0 saturated carbocycles. The van der Waals surface area contributed by atoms with Gasteiger partial charge in [0.15, 0.2) is 0 Å². The van der Waals surface area contributed by atoms with E-state index in [2.05, 4.69) is 10.1 Å². The van der Waals surface area contributed by atoms with E-state index in [-0.39, 0.29) is 17.9 Å². The van der Waals surface area contributed by atoms with Gasteiger partial charge in [0.1, 0.15) is 12.4 Å². The SMILES string of the molecule is O=C1N[C@H](c2cc([N+](=O)[O-])ccc2F)CO1. The van der Waals surface area contributed by atoms with Crippen LogP contribution >= 0.6 is 0 Å². The average Bonchev–Trinajstić information content (AvgIpc) is 2.65. The number of amides is 1. The fourth-order valence-electron chi connectivity index (χ4n) is 1.46. The summed E-state index contributed by atoms with van der Waals surface area (Å²) in [6.45, 7) is -0.0308. The Morgan fingerprint density at radius 1 is 1.56 bits per heavy atom. The minimum atomic E-state index is -0.674. The van der Waals surface area contributed by atoms with Crippen LogP contribution in [0.25, 0.3) is 0 Å². The molecule has 1 aromatic rings. The van der Waals surface area contributed by atoms with Crippen LogP contribution in [0.4, 0.5) is 14.9 Å². The van der Waals surface area contributed by atoms with Crippen molar-refractivity contribution in [3.05, 3.63) is 39.7 Å². The summed E-state index contributed by atoms with van der Waals surface area (Å²) in [5, 5.41) is 12.9. The van der Waals surface area contributed by atoms with Crippen molar-refractivity contribution in [2.45, 2.75) is 6.04 Å². The molecule has 1 aromatic carbocycles. The second-order valence-corrected chi connectivity index (χ2v) is 3.26. The van der Waals surface area contributed by atoms with Gasteiger partial charge in [0, 0.05) is 17.7 Å². The van der Waals surface area contributed by atoms with Crippen LogP contribution < -0.4 is 5.32 Å². The first-order valence-electron chi connectivity index (χ1n) is 4.45. The van der Waals surface area contributed by atoms with Gasteiger partial charge in [-0.1, -0.05) is 0 Å². The maximum absolute atomic E-state index is 13.4. The molecule has 1 heterocycles. The quantitative estimate of drug-likeness (QED) is 0.612. The highest BCUT2D eigenvalue weighted by molar-refractivity contribution is 5.70. The Kier molecular flexibility index (Phi) is 2.43. The largest absolute Gasteiger partial charge is 0.447 e. The third-order valence-corrected chi connectivity index (χ3v) is 2.24. The zero-order valence-corrected chi connectivity index (χ0v) is 7.97. The van der Waals surface area contributed by atoms with E-state index < -0.39 is 22.9 Å². The molecule has 0 radical (unpaired) electrons. The fraction of sp³-hybridized carbons (Fsp3) is 0.222. The third kappa shape index (κ3) is 1.79. The fourth-order valence-corrected chi connectivity index (χ4v) is 1.46. The van der Waals surface area contributed by atoms with Crippen LogP contribution in [0.15, 0.2) is 18.2 Å². The van der Waals surface area contributed by atoms with E-state index in [0.29, 0.717) is 0 Å². The van der Waals surface area contributed by atoms with Crippen molar-refractivity contribution >= 4 is 11.8 Å². The molecule has 7 heteroatoms. The van der Waals surface area contributed by atoms with E-state index in [1.165, 1.54) is 0 Å². The van der Waals surface area contributed by atoms with Crippen LogP contribution in [-0.4, -0.2) is 17.6 Å². The van der Waals surface area contributed by atoms with Crippen LogP contribution in [0.2, 0.25) is 0 Å². The second-order valence-electron chi connectivity index (χ2n) is 3.26. The number of carbonyl (C=O) groups is 1. The van der Waals surface area contributed by atoms with Gasteiger partial charge >= 0.3 is 6.09 Å². The first kappa shape index (κ1) is 10.3. The number of ether oxygens (including phenoxy) is 1. The van der Waals surface area contributed by atoms with Gasteiger partial charge in [-0.05, 0) is 6.07 Å². The number of nitro benzene ring substituents is 1. The normalized spacial score (nSPS) is 19.1. The van der Waals surface area contributed by atoms with Crippen LogP contribution in [-0.2, 0) is 4.74 Å². The summed E-state index contributed by atoms with van der Waals surface area (Å²) in [4.78, 5) is 20.7. The summed E-state index contributed by atoms with van der Waals surface area (Å²) in [5.74, 6) is -0.610. The lowest BCUT2D eigenvalue weighted by Crippen LogP contribution is -2.19. The monoisotopic (exact) mass is 226 g/mol. The van der Waals surface area contributed by atoms with Crippen molar-refractivity contribution in [2.24, 2.45) is 0 Å². The van der Waals surface area contributed by atoms with E-state index >= 15 is 0 Å². The molecular formula is C9H7FN2O4. The maximum atomic E-state index is 13.4. The van der Waals surface area contributed by atoms with Crippen LogP contribution in [0.3, 0.4) is 0 Å². The predicted molar refractivity (Wildman–Crippen MR) is 50.3 cm³/mol. The molecule has 1 N–H and O–H groups in total. The Balaban J connectivity index is 2.35. The summed E-state index contributed by atoms with van der Waals surface area (Å²) in [6, 6.07) is 2.48. The van der Waals surface area contributed by atoms with Crippen molar-refractivity contribution in [3.63, 3.8) is 0 Å². The summed E-state index contributed by atoms with van der Waals surface area (Å²) in [6.07, 6.45) is -0.657. The standard InChI is InChI=1S/C9H7FN2O4/c10-7-2-1-5(12(14)15)3-6(7)8-4-16-9(13)11-8/h1-3,8H,4H2,(H,11,13)/t8-/m0/s1. The molecule has 0 unspecified atom stereocenters. The number of hydrogen-bond acceptors (Lipinski definition) is 4. The van der Waals surface area contributed by atoms with Gasteiger partial charge in [0.25, 0.3) is 5.69 Å². The third-order valence-electron chi connectivity index (χ3n) is 2.24. The van der Waals surface area contributed by atoms with E-state index in [1.807, 2.05) is 0 Å². The minimum Gasteiger partial charge on any atom is -0.447 e. The Bertz CT molecular complexity index is 463. The van der Waals surface area contributed by atoms with Crippen molar-refractivity contribution in [3.8, 4) is 0 Å². The maximum Gasteiger partial charge on any atom is 0.407 e. The van der Waals surface area contributed by atoms with Crippen molar-refractivity contribution in [2.75, 3.05) is 6.61 Å². The summed E-state index contributed by atoms with van der Waals surface area (Å²) in [5.41, 5.74) is -0.169. The highest BCUT2D eigenvalue weighted by Crippen LogP contribution is 2.25. The zero-order valence-electron chi connectivity index (χ0n) is 7.97. The van der Waals surface area contributed by atoms with Gasteiger partial charge in [-0.2, -0.15) is 0 Å². The average molecular weight is 226 g/mol. The molecule has 1 aliphatic heterocycles. The molecule has 2 rings (SSSR count). The Morgan fingerprint density at radius 2 is 2.31 bits per heavy atom. The Hall–Kier alpha value is -2.18. The van der Waals surface area contributed by atoms with Gasteiger partial charge in [0.05, 0.1) is 11.0 Å². The second kappa shape index (κ2) is 3.76. The van der Waals surface area contributed by atoms with Crippen LogP contribution in [0, 0.1) is 15.9 Å². The number of nitro groups is 1. The predicted octanol–water partition coefficient (Wildman–Crippen LogP) is 1.51. The molecule has 0 aromatic heterocycles. The lowest BCUT2D eigenvalue weighted by atomic mass is 10.1. The van der Waals surface area contributed by atoms with Gasteiger partial charge in [0.2, 0.25) is 0 Å². The minimum absolute atomic E-state index is 0.0308. The van der Waals surface area contributed by atoms with E-state index in [9.17, 15) is 19.3 Å². The molecule has 1 fully saturated rings. The molecule has 1 aliphatic rings. The zero-order chi connectivity index (χ0) is 11.7. The van der Waals surface area contributed by atoms with E-state index in [1.54, 1.807) is 0 Å². The topological polar surface area (TPSA) is 81.5 Å². The molecule has 1 amide bonds. The van der Waals surface area contributed by atoms with E-state index in [4.69, 9.17) is 0 Å². The molecular weight excluding hydrogens is 219 g/mol. The number of alkyl carbamates (subject to hydrolysis) is 1. The first-order valence-corrected chi connectivity index (χ1v) is 4.45. The molecule has 84 valence electrons. The van der Waals surface area contributed by atoms with Gasteiger partial charge in [-0.25, -0.2) is 9.18 Å². The number of halogens is 1. The van der Waals surface area contributed by atoms with Crippen molar-refractivity contribution in [1.29, 1.82) is 0 Å². The highest BCUT2D eigenvalue weighted by atomic mass is 19.1. The summed E-state index contributed by atoms with van der Waals surface area (Å²) < 4.78 is 18.0. The first-order chi connectivity index (χ1) is 7.58. The Labute approximate surface area is 89.2 Å². The van der Waals surface area contributed by atoms with Crippen LogP contribution in [0.5, 0.6) is 0 Å². The number of carbonyl (C=O) groups excluding carboxylic acids is 1. The number of cyclic esters (lactones) is 1. The number of non-ortho nitro benzene ring substituents is 1. The lowest BCUT2D eigenvalue weighted by molar-refractivity contribution is -0.385. The van der Waals surface area contributed by atoms with Crippen LogP contribution in [0.1, 0.15) is 11.6 Å².